The van der Waals surface area contributed by atoms with Gasteiger partial charge in [-0.05, 0) is 67.6 Å². The van der Waals surface area contributed by atoms with Gasteiger partial charge in [0, 0.05) is 4.90 Å². The molecule has 2 atom stereocenters. The van der Waals surface area contributed by atoms with Crippen LogP contribution in [0.3, 0.4) is 0 Å². The zero-order chi connectivity index (χ0) is 13.0. The number of hydrogen-bond acceptors (Lipinski definition) is 2. The molecule has 0 aromatic heterocycles. The van der Waals surface area contributed by atoms with Crippen molar-refractivity contribution in [1.82, 2.24) is 5.32 Å². The van der Waals surface area contributed by atoms with Crippen LogP contribution in [0.4, 0.5) is 0 Å². The number of thioether (sulfide) groups is 1. The van der Waals surface area contributed by atoms with Gasteiger partial charge in [-0.25, -0.2) is 0 Å². The lowest BCUT2D eigenvalue weighted by Crippen LogP contribution is -2.36. The van der Waals surface area contributed by atoms with Crippen LogP contribution in [0.15, 0.2) is 29.2 Å². The molecule has 2 unspecified atom stereocenters. The summed E-state index contributed by atoms with van der Waals surface area (Å²) in [4.78, 5) is 1.37. The average Bonchev–Trinajstić information content (AvgIpc) is 2.39. The summed E-state index contributed by atoms with van der Waals surface area (Å²) in [5, 5.41) is 3.56. The zero-order valence-electron chi connectivity index (χ0n) is 11.8. The summed E-state index contributed by atoms with van der Waals surface area (Å²) >= 11 is 1.82. The van der Waals surface area contributed by atoms with E-state index in [1.807, 2.05) is 11.8 Å². The molecule has 1 saturated heterocycles. The standard InChI is InChI=1S/C16H25NS/c1-12(2)10-14-11-17-9-8-16(14)13-4-6-15(18-3)7-5-13/h4-7,12,14,16-17H,8-11H2,1-3H3. The number of nitrogens with one attached hydrogen (secondary N) is 1. The lowest BCUT2D eigenvalue weighted by molar-refractivity contribution is 0.280. The Labute approximate surface area is 116 Å². The fraction of sp³-hybridized carbons (Fsp3) is 0.625. The Morgan fingerprint density at radius 3 is 2.61 bits per heavy atom. The van der Waals surface area contributed by atoms with Gasteiger partial charge in [-0.2, -0.15) is 0 Å². The van der Waals surface area contributed by atoms with Crippen LogP contribution in [-0.2, 0) is 0 Å². The molecule has 18 heavy (non-hydrogen) atoms. The van der Waals surface area contributed by atoms with Gasteiger partial charge >= 0.3 is 0 Å². The zero-order valence-corrected chi connectivity index (χ0v) is 12.6. The van der Waals surface area contributed by atoms with Gasteiger partial charge in [-0.3, -0.25) is 0 Å². The van der Waals surface area contributed by atoms with Gasteiger partial charge in [-0.15, -0.1) is 11.8 Å². The van der Waals surface area contributed by atoms with E-state index >= 15 is 0 Å². The molecule has 0 spiro atoms. The quantitative estimate of drug-likeness (QED) is 0.819. The second-order valence-corrected chi connectivity index (χ2v) is 6.64. The van der Waals surface area contributed by atoms with Crippen molar-refractivity contribution in [3.63, 3.8) is 0 Å². The fourth-order valence-corrected chi connectivity index (χ4v) is 3.47. The van der Waals surface area contributed by atoms with Crippen molar-refractivity contribution in [2.45, 2.75) is 37.5 Å². The predicted molar refractivity (Wildman–Crippen MR) is 81.4 cm³/mol. The number of rotatable bonds is 4. The Hall–Kier alpha value is -0.470. The summed E-state index contributed by atoms with van der Waals surface area (Å²) in [6, 6.07) is 9.23. The van der Waals surface area contributed by atoms with Crippen molar-refractivity contribution in [3.8, 4) is 0 Å². The van der Waals surface area contributed by atoms with Crippen molar-refractivity contribution in [2.24, 2.45) is 11.8 Å². The Balaban J connectivity index is 2.11. The predicted octanol–water partition coefficient (Wildman–Crippen LogP) is 4.15. The van der Waals surface area contributed by atoms with E-state index in [2.05, 4.69) is 49.7 Å². The lowest BCUT2D eigenvalue weighted by atomic mass is 9.77. The van der Waals surface area contributed by atoms with Gasteiger partial charge in [0.2, 0.25) is 0 Å². The van der Waals surface area contributed by atoms with E-state index < -0.39 is 0 Å². The third-order valence-electron chi connectivity index (χ3n) is 3.93. The van der Waals surface area contributed by atoms with E-state index in [1.54, 1.807) is 5.56 Å². The molecule has 100 valence electrons. The second kappa shape index (κ2) is 6.63. The molecule has 0 bridgehead atoms. The fourth-order valence-electron chi connectivity index (χ4n) is 3.07. The average molecular weight is 263 g/mol. The highest BCUT2D eigenvalue weighted by molar-refractivity contribution is 7.98. The number of benzene rings is 1. The van der Waals surface area contributed by atoms with Gasteiger partial charge in [0.15, 0.2) is 0 Å². The minimum absolute atomic E-state index is 0.754. The molecular formula is C16H25NS. The molecule has 1 aliphatic rings. The van der Waals surface area contributed by atoms with Crippen LogP contribution in [0.5, 0.6) is 0 Å². The minimum Gasteiger partial charge on any atom is -0.316 e. The van der Waals surface area contributed by atoms with E-state index in [0.29, 0.717) is 0 Å². The van der Waals surface area contributed by atoms with Crippen molar-refractivity contribution < 1.29 is 0 Å². The summed E-state index contributed by atoms with van der Waals surface area (Å²) < 4.78 is 0. The summed E-state index contributed by atoms with van der Waals surface area (Å²) in [7, 11) is 0. The Morgan fingerprint density at radius 1 is 1.28 bits per heavy atom. The molecule has 0 aliphatic carbocycles. The molecule has 2 rings (SSSR count). The van der Waals surface area contributed by atoms with Gasteiger partial charge in [-0.1, -0.05) is 26.0 Å². The molecule has 1 fully saturated rings. The first kappa shape index (κ1) is 14.0. The maximum absolute atomic E-state index is 3.56. The Kier molecular flexibility index (Phi) is 5.13. The first-order valence-electron chi connectivity index (χ1n) is 7.05. The number of piperidine rings is 1. The van der Waals surface area contributed by atoms with Crippen molar-refractivity contribution >= 4 is 11.8 Å². The summed E-state index contributed by atoms with van der Waals surface area (Å²) in [6.07, 6.45) is 4.76. The topological polar surface area (TPSA) is 12.0 Å². The van der Waals surface area contributed by atoms with Gasteiger partial charge in [0.25, 0.3) is 0 Å². The highest BCUT2D eigenvalue weighted by Gasteiger charge is 2.26. The van der Waals surface area contributed by atoms with Crippen molar-refractivity contribution in [3.05, 3.63) is 29.8 Å². The molecular weight excluding hydrogens is 238 g/mol. The van der Waals surface area contributed by atoms with Crippen molar-refractivity contribution in [1.29, 1.82) is 0 Å². The van der Waals surface area contributed by atoms with E-state index in [1.165, 1.54) is 30.8 Å². The highest BCUT2D eigenvalue weighted by Crippen LogP contribution is 2.34. The van der Waals surface area contributed by atoms with Crippen LogP contribution in [0.25, 0.3) is 0 Å². The second-order valence-electron chi connectivity index (χ2n) is 5.76. The molecule has 1 aliphatic heterocycles. The van der Waals surface area contributed by atoms with Crippen LogP contribution in [0, 0.1) is 11.8 Å². The SMILES string of the molecule is CSc1ccc(C2CCNCC2CC(C)C)cc1. The molecule has 1 N–H and O–H groups in total. The van der Waals surface area contributed by atoms with Crippen LogP contribution < -0.4 is 5.32 Å². The van der Waals surface area contributed by atoms with Crippen LogP contribution in [0.2, 0.25) is 0 Å². The van der Waals surface area contributed by atoms with Crippen molar-refractivity contribution in [2.75, 3.05) is 19.3 Å². The van der Waals surface area contributed by atoms with Crippen LogP contribution in [0.1, 0.15) is 38.2 Å². The summed E-state index contributed by atoms with van der Waals surface area (Å²) in [6.45, 7) is 7.03. The van der Waals surface area contributed by atoms with Crippen LogP contribution >= 0.6 is 11.8 Å². The monoisotopic (exact) mass is 263 g/mol. The van der Waals surface area contributed by atoms with Gasteiger partial charge in [0.05, 0.1) is 0 Å². The minimum atomic E-state index is 0.754. The largest absolute Gasteiger partial charge is 0.316 e. The molecule has 0 radical (unpaired) electrons. The maximum Gasteiger partial charge on any atom is 0.00693 e. The Morgan fingerprint density at radius 2 is 2.00 bits per heavy atom. The normalized spacial score (nSPS) is 24.4. The summed E-state index contributed by atoms with van der Waals surface area (Å²) in [5.74, 6) is 2.35. The maximum atomic E-state index is 3.56. The third kappa shape index (κ3) is 3.52. The van der Waals surface area contributed by atoms with Gasteiger partial charge in [0.1, 0.15) is 0 Å². The molecule has 1 heterocycles. The lowest BCUT2D eigenvalue weighted by Gasteiger charge is -2.33. The van der Waals surface area contributed by atoms with E-state index in [-0.39, 0.29) is 0 Å². The highest BCUT2D eigenvalue weighted by atomic mass is 32.2. The molecule has 2 heteroatoms. The summed E-state index contributed by atoms with van der Waals surface area (Å²) in [5.41, 5.74) is 1.54. The van der Waals surface area contributed by atoms with Gasteiger partial charge < -0.3 is 5.32 Å². The molecule has 0 amide bonds. The number of hydrogen-bond donors (Lipinski definition) is 1. The molecule has 1 aromatic carbocycles. The smallest absolute Gasteiger partial charge is 0.00693 e. The van der Waals surface area contributed by atoms with E-state index in [0.717, 1.165) is 17.8 Å². The van der Waals surface area contributed by atoms with Crippen LogP contribution in [-0.4, -0.2) is 19.3 Å². The molecule has 1 aromatic rings. The third-order valence-corrected chi connectivity index (χ3v) is 4.67. The first-order valence-corrected chi connectivity index (χ1v) is 8.28. The van der Waals surface area contributed by atoms with E-state index in [4.69, 9.17) is 0 Å². The Bertz CT molecular complexity index is 358. The molecule has 1 nitrogen and oxygen atoms in total. The first-order chi connectivity index (χ1) is 8.70. The molecule has 0 saturated carbocycles. The van der Waals surface area contributed by atoms with E-state index in [9.17, 15) is 0 Å².